The summed E-state index contributed by atoms with van der Waals surface area (Å²) in [6.45, 7) is -4.55. The lowest BCUT2D eigenvalue weighted by atomic mass is 9.77. The summed E-state index contributed by atoms with van der Waals surface area (Å²) in [5, 5.41) is 33.2. The number of nitro groups is 1. The predicted octanol–water partition coefficient (Wildman–Crippen LogP) is 17.7. The molecule has 10 N–H and O–H groups in total. The molecule has 8 aromatic rings. The molecule has 0 bridgehead atoms. The number of nitrogens with two attached hydrogens (primary N) is 3. The van der Waals surface area contributed by atoms with Crippen molar-refractivity contribution in [1.82, 2.24) is 10.8 Å². The number of nitro benzene ring substituents is 1. The molecule has 8 aromatic carbocycles. The Morgan fingerprint density at radius 2 is 0.782 bits per heavy atom. The number of alkyl halides is 18. The number of thioether (sulfide) groups is 3. The molecular formula is C92H83F24N9O13S4. The molecule has 142 heavy (non-hydrogen) atoms. The van der Waals surface area contributed by atoms with E-state index in [1.54, 1.807) is 78.9 Å². The van der Waals surface area contributed by atoms with Crippen molar-refractivity contribution in [3.63, 3.8) is 0 Å². The largest absolute Gasteiger partial charge is 0.415 e. The second-order valence-electron chi connectivity index (χ2n) is 34.0. The van der Waals surface area contributed by atoms with Crippen LogP contribution in [0.15, 0.2) is 215 Å². The Labute approximate surface area is 809 Å². The van der Waals surface area contributed by atoms with Crippen LogP contribution in [0.5, 0.6) is 0 Å². The molecule has 18 atom stereocenters. The van der Waals surface area contributed by atoms with Gasteiger partial charge in [-0.3, -0.25) is 24.7 Å². The number of benzene rings is 8. The van der Waals surface area contributed by atoms with Crippen LogP contribution in [0.2, 0.25) is 0 Å². The summed E-state index contributed by atoms with van der Waals surface area (Å²) >= 11 is 8.30. The van der Waals surface area contributed by atoms with E-state index in [9.17, 15) is 135 Å². The molecule has 0 saturated carbocycles. The molecule has 50 heteroatoms. The molecule has 7 fully saturated rings. The van der Waals surface area contributed by atoms with Gasteiger partial charge in [-0.1, -0.05) is 187 Å². The average molecular weight is 2110 g/mol. The minimum Gasteiger partial charge on any atom is -0.396 e. The molecule has 10 aliphatic heterocycles. The average Bonchev–Trinajstić information content (AvgIpc) is 1.58. The van der Waals surface area contributed by atoms with Crippen LogP contribution in [0.4, 0.5) is 111 Å². The summed E-state index contributed by atoms with van der Waals surface area (Å²) in [4.78, 5) is 52.8. The van der Waals surface area contributed by atoms with E-state index < -0.39 is 221 Å². The van der Waals surface area contributed by atoms with Crippen LogP contribution < -0.4 is 28.0 Å². The third kappa shape index (κ3) is 22.8. The number of rotatable bonds is 16. The molecule has 10 heterocycles. The van der Waals surface area contributed by atoms with Gasteiger partial charge in [0.05, 0.1) is 98.3 Å². The number of aliphatic hydroxyl groups excluding tert-OH is 2. The van der Waals surface area contributed by atoms with Gasteiger partial charge in [-0.05, 0) is 36.4 Å². The van der Waals surface area contributed by atoms with Crippen molar-refractivity contribution in [2.45, 2.75) is 120 Å². The Balaban J connectivity index is 0.000000144. The molecule has 0 unspecified atom stereocenters. The minimum atomic E-state index is -4.77. The van der Waals surface area contributed by atoms with E-state index in [1.807, 2.05) is 0 Å². The Bertz CT molecular complexity index is 5930. The molecule has 0 aromatic heterocycles. The number of aliphatic imine (C=N–C) groups is 3. The van der Waals surface area contributed by atoms with Crippen molar-refractivity contribution in [2.24, 2.45) is 67.7 Å². The highest BCUT2D eigenvalue weighted by Gasteiger charge is 2.68. The summed E-state index contributed by atoms with van der Waals surface area (Å²) < 4.78 is 352. The number of hydrogen-bond donors (Lipinski definition) is 7. The summed E-state index contributed by atoms with van der Waals surface area (Å²) in [6.07, 6.45) is -40.6. The zero-order valence-corrected chi connectivity index (χ0v) is 76.3. The molecule has 10 aliphatic rings. The number of non-ortho nitro benzene ring substituents is 1. The monoisotopic (exact) mass is 2110 g/mol. The number of carbonyl (C=O) groups excluding carboxylic acids is 2. The summed E-state index contributed by atoms with van der Waals surface area (Å²) in [5.41, 5.74) is 10.6. The van der Waals surface area contributed by atoms with Crippen LogP contribution in [0.25, 0.3) is 0 Å². The van der Waals surface area contributed by atoms with Crippen molar-refractivity contribution in [3.8, 4) is 0 Å². The SMILES string of the molecule is Fc1ccccc1[C@]12CO[C@H](C(F)(F)F)[C@H]1CON2.NC1=N[C@@]2(c3cc([N+](=O)[O-])ccc3F)CO[C@H](C(F)(F)F)[C@H]2CS1.NC1=N[C@@]2(c3ccccc3F)CO[C@H](C(F)(F)F)[C@H]2CS1.N[C@@]1(c2ccccc2F)CO[C@H](C(F)(F)F)[C@H]1CO.O=C(CC(=S)N[C@@]1(c2ccccc2F)CO[C@H](C(F)(F)F)[C@H]1CO)c1ccccc1.O=C(CC1=N[C@@]2(c3ccccc3F)CO[C@H](C(F)(F)F)[C@H]2CS1)c1ccccc1. The number of hydroxylamine groups is 1. The highest BCUT2D eigenvalue weighted by Crippen LogP contribution is 2.58. The first-order valence-corrected chi connectivity index (χ1v) is 46.0. The van der Waals surface area contributed by atoms with Crippen LogP contribution in [0.3, 0.4) is 0 Å². The number of nitrogens with zero attached hydrogens (tertiary/aromatic N) is 4. The lowest BCUT2D eigenvalue weighted by molar-refractivity contribution is -0.385. The maximum Gasteiger partial charge on any atom is 0.415 e. The van der Waals surface area contributed by atoms with Crippen LogP contribution >= 0.6 is 47.5 Å². The minimum absolute atomic E-state index is 0.0106. The van der Waals surface area contributed by atoms with Gasteiger partial charge in [-0.2, -0.15) is 84.5 Å². The van der Waals surface area contributed by atoms with Gasteiger partial charge >= 0.3 is 37.1 Å². The van der Waals surface area contributed by atoms with Crippen LogP contribution in [0, 0.1) is 80.5 Å². The van der Waals surface area contributed by atoms with Gasteiger partial charge in [0.25, 0.3) is 5.69 Å². The molecule has 0 amide bonds. The van der Waals surface area contributed by atoms with E-state index in [0.717, 1.165) is 65.6 Å². The molecule has 0 radical (unpaired) electrons. The molecule has 766 valence electrons. The second-order valence-corrected chi connectivity index (χ2v) is 37.6. The molecular weight excluding hydrogens is 2020 g/mol. The maximum atomic E-state index is 14.6. The Morgan fingerprint density at radius 3 is 1.21 bits per heavy atom. The first-order chi connectivity index (χ1) is 66.7. The lowest BCUT2D eigenvalue weighted by Crippen LogP contribution is -2.55. The number of ether oxygens (including phenoxy) is 6. The smallest absolute Gasteiger partial charge is 0.396 e. The van der Waals surface area contributed by atoms with Gasteiger partial charge in [0.1, 0.15) is 57.1 Å². The number of fused-ring (bicyclic) bond motifs is 4. The van der Waals surface area contributed by atoms with E-state index in [-0.39, 0.29) is 117 Å². The summed E-state index contributed by atoms with van der Waals surface area (Å²) in [5.74, 6) is -12.0. The van der Waals surface area contributed by atoms with Gasteiger partial charge in [0.15, 0.2) is 58.5 Å². The number of ketones is 2. The molecule has 0 spiro atoms. The fourth-order valence-electron chi connectivity index (χ4n) is 18.8. The third-order valence-electron chi connectivity index (χ3n) is 25.5. The van der Waals surface area contributed by atoms with Crippen molar-refractivity contribution in [3.05, 3.63) is 290 Å². The van der Waals surface area contributed by atoms with Crippen molar-refractivity contribution in [1.29, 1.82) is 0 Å². The zero-order chi connectivity index (χ0) is 103. The van der Waals surface area contributed by atoms with E-state index in [2.05, 4.69) is 30.5 Å². The standard InChI is InChI=1S/C21H19F4NO3S.C21H17F4NO2S.C13H11F4N3O3S.C13H12F4N2OS.C12H11F4NO2.C12H13F4NO2/c22-16-9-5-4-8-14(16)20(12-29-19(15(20)11-27)21(23,24)25)26-18(30)10-17(28)13-6-2-1-3-7-13;22-16-9-5-4-8-14(16)20-12-28-19(21(23,24)25)15(20)11-29-18(26-20)10-17(27)13-6-2-1-3-7-13;14-9-2-1-6(20(21)22)3-7(9)12-5-23-10(13(15,16)17)8(12)4-24-11(18)19-12;14-9-4-2-1-3-7(9)12-6-20-10(13(15,16)17)8(12)5-21-11(18)19-12;13-9-4-2-1-3-7(9)11-6-18-10(12(14,15)16)8(11)5-19-17-11;13-9-4-2-1-3-7(9)11(17)6-19-10(8(11)5-18)12(14,15)16/h1-9,15,19,27H,10-12H2,(H,26,30);1-9,15,19H,10-12H2;1-3,8,10H,4-5H2,(H2,18,19);1-4,8,10H,5-6H2,(H2,18,19);1-4,8,10,17H,5-6H2;1-4,8,10,18H,5-6,17H2/t2*15-,19+,20-;2*8-,10+,12-;2*8-,10+,11-/m111111/s1. The number of nitrogens with one attached hydrogen (secondary N) is 2. The summed E-state index contributed by atoms with van der Waals surface area (Å²) in [7, 11) is 0. The number of Topliss-reactive ketones (excluding diaryl/α,β-unsaturated/α-hetero) is 2. The van der Waals surface area contributed by atoms with Gasteiger partial charge in [-0.15, -0.1) is 11.8 Å². The van der Waals surface area contributed by atoms with Crippen molar-refractivity contribution < 1.29 is 163 Å². The number of hydrogen-bond acceptors (Lipinski definition) is 24. The van der Waals surface area contributed by atoms with Crippen molar-refractivity contribution >= 4 is 85.1 Å². The summed E-state index contributed by atoms with van der Waals surface area (Å²) in [6, 6.07) is 47.2. The third-order valence-corrected chi connectivity index (χ3v) is 28.7. The number of amidine groups is 2. The number of thiocarbonyl (C=S) groups is 1. The van der Waals surface area contributed by atoms with E-state index in [4.69, 9.17) is 57.9 Å². The Morgan fingerprint density at radius 1 is 0.430 bits per heavy atom. The normalized spacial score (nSPS) is 29.2. The lowest BCUT2D eigenvalue weighted by Gasteiger charge is -2.37. The molecule has 18 rings (SSSR count). The first-order valence-electron chi connectivity index (χ1n) is 42.6. The van der Waals surface area contributed by atoms with E-state index in [1.165, 1.54) is 91.0 Å². The predicted molar refractivity (Wildman–Crippen MR) is 473 cm³/mol. The fourth-order valence-corrected chi connectivity index (χ4v) is 22.4. The zero-order valence-electron chi connectivity index (χ0n) is 73.0. The van der Waals surface area contributed by atoms with Gasteiger partial charge in [0.2, 0.25) is 0 Å². The van der Waals surface area contributed by atoms with E-state index in [0.29, 0.717) is 16.2 Å². The van der Waals surface area contributed by atoms with Gasteiger partial charge < -0.3 is 66.0 Å². The van der Waals surface area contributed by atoms with Gasteiger partial charge in [-0.25, -0.2) is 36.3 Å². The molecule has 7 saturated heterocycles. The topological polar surface area (TPSA) is 322 Å². The fraction of sp³-hybridized carbons (Fsp3) is 0.413. The maximum absolute atomic E-state index is 14.6. The quantitative estimate of drug-likeness (QED) is 0.0155. The molecule has 0 aliphatic carbocycles. The van der Waals surface area contributed by atoms with Crippen molar-refractivity contribution in [2.75, 3.05) is 76.7 Å². The Kier molecular flexibility index (Phi) is 33.3. The number of carbonyl (C=O) groups is 2. The number of aliphatic hydroxyl groups is 2. The van der Waals surface area contributed by atoms with Gasteiger partial charge in [0, 0.05) is 109 Å². The van der Waals surface area contributed by atoms with Crippen LogP contribution in [0.1, 0.15) is 66.9 Å². The van der Waals surface area contributed by atoms with Crippen LogP contribution in [-0.4, -0.2) is 197 Å². The van der Waals surface area contributed by atoms with Crippen LogP contribution in [-0.2, 0) is 66.5 Å². The van der Waals surface area contributed by atoms with E-state index >= 15 is 0 Å². The highest BCUT2D eigenvalue weighted by molar-refractivity contribution is 8.14. The highest BCUT2D eigenvalue weighted by atomic mass is 32.2. The first kappa shape index (κ1) is 109. The number of halogens is 24. The Hall–Kier alpha value is -10.1. The molecule has 22 nitrogen and oxygen atoms in total. The second kappa shape index (κ2) is 43.3.